The molecule has 2 aromatic heterocycles. The van der Waals surface area contributed by atoms with Crippen LogP contribution >= 0.6 is 15.9 Å². The molecule has 3 aromatic carbocycles. The third-order valence-electron chi connectivity index (χ3n) is 6.09. The summed E-state index contributed by atoms with van der Waals surface area (Å²) >= 11 is 3.50. The van der Waals surface area contributed by atoms with E-state index >= 15 is 0 Å². The second-order valence-electron chi connectivity index (χ2n) is 8.59. The number of carbonyl (C=O) groups excluding carboxylic acids is 1. The minimum atomic E-state index is -1.18. The number of nitrogens with zero attached hydrogens (tertiary/aromatic N) is 2. The quantitative estimate of drug-likeness (QED) is 0.244. The van der Waals surface area contributed by atoms with E-state index in [1.807, 2.05) is 66.7 Å². The highest BCUT2D eigenvalue weighted by atomic mass is 79.9. The van der Waals surface area contributed by atoms with Gasteiger partial charge < -0.3 is 9.84 Å². The van der Waals surface area contributed by atoms with Crippen molar-refractivity contribution in [2.75, 3.05) is 0 Å². The molecule has 188 valence electrons. The second kappa shape index (κ2) is 10.8. The lowest BCUT2D eigenvalue weighted by Crippen LogP contribution is -2.29. The van der Waals surface area contributed by atoms with E-state index in [1.165, 1.54) is 16.8 Å². The van der Waals surface area contributed by atoms with E-state index < -0.39 is 11.9 Å². The van der Waals surface area contributed by atoms with Crippen LogP contribution in [0.4, 0.5) is 0 Å². The number of benzene rings is 3. The number of carboxylic acids is 1. The smallest absolute Gasteiger partial charge is 0.356 e. The van der Waals surface area contributed by atoms with Gasteiger partial charge in [-0.1, -0.05) is 76.6 Å². The second-order valence-corrected chi connectivity index (χ2v) is 9.50. The predicted octanol–water partition coefficient (Wildman–Crippen LogP) is 5.93. The van der Waals surface area contributed by atoms with Crippen molar-refractivity contribution in [2.24, 2.45) is 0 Å². The van der Waals surface area contributed by atoms with E-state index in [4.69, 9.17) is 4.74 Å². The van der Waals surface area contributed by atoms with Crippen molar-refractivity contribution >= 4 is 38.6 Å². The van der Waals surface area contributed by atoms with Gasteiger partial charge in [-0.25, -0.2) is 14.6 Å². The van der Waals surface area contributed by atoms with Crippen molar-refractivity contribution < 1.29 is 19.4 Å². The molecular formula is C30H21BrN2O5. The predicted molar refractivity (Wildman–Crippen MR) is 147 cm³/mol. The maximum absolute atomic E-state index is 13.8. The largest absolute Gasteiger partial charge is 0.477 e. The number of esters is 1. The maximum atomic E-state index is 13.8. The summed E-state index contributed by atoms with van der Waals surface area (Å²) in [5.74, 6) is -1.88. The van der Waals surface area contributed by atoms with Crippen LogP contribution in [0.3, 0.4) is 0 Å². The van der Waals surface area contributed by atoms with E-state index in [0.29, 0.717) is 21.9 Å². The molecule has 7 nitrogen and oxygen atoms in total. The summed E-state index contributed by atoms with van der Waals surface area (Å²) in [4.78, 5) is 42.7. The molecular weight excluding hydrogens is 548 g/mol. The molecule has 38 heavy (non-hydrogen) atoms. The first kappa shape index (κ1) is 25.1. The number of carbonyl (C=O) groups is 2. The van der Waals surface area contributed by atoms with Crippen molar-refractivity contribution in [3.05, 3.63) is 135 Å². The standard InChI is InChI=1S/C30H21BrN2O5/c31-22-11-12-23-24(16-22)26(21-9-5-2-6-10-21)27(33(28(23)34)17-19-7-3-1-4-8-19)30(37)38-18-20-13-14-32-25(15-20)29(35)36/h1-16H,17-18H2,(H,35,36). The van der Waals surface area contributed by atoms with Crippen LogP contribution in [-0.4, -0.2) is 26.6 Å². The molecule has 1 N–H and O–H groups in total. The Hall–Kier alpha value is -4.56. The van der Waals surface area contributed by atoms with E-state index in [0.717, 1.165) is 15.6 Å². The zero-order valence-electron chi connectivity index (χ0n) is 20.0. The monoisotopic (exact) mass is 568 g/mol. The first-order chi connectivity index (χ1) is 18.4. The van der Waals surface area contributed by atoms with Crippen LogP contribution in [0.5, 0.6) is 0 Å². The molecule has 0 spiro atoms. The van der Waals surface area contributed by atoms with Gasteiger partial charge >= 0.3 is 11.9 Å². The number of rotatable bonds is 7. The summed E-state index contributed by atoms with van der Waals surface area (Å²) in [6.45, 7) is -0.0275. The third kappa shape index (κ3) is 5.12. The molecule has 0 aliphatic rings. The topological polar surface area (TPSA) is 98.5 Å². The lowest BCUT2D eigenvalue weighted by atomic mass is 9.96. The Kier molecular flexibility index (Phi) is 7.15. The first-order valence-corrected chi connectivity index (χ1v) is 12.5. The van der Waals surface area contributed by atoms with Crippen molar-refractivity contribution in [2.45, 2.75) is 13.2 Å². The van der Waals surface area contributed by atoms with Gasteiger partial charge in [0.1, 0.15) is 18.0 Å². The molecule has 0 radical (unpaired) electrons. The van der Waals surface area contributed by atoms with Gasteiger partial charge in [-0.05, 0) is 52.4 Å². The molecule has 0 atom stereocenters. The Bertz CT molecular complexity index is 1720. The van der Waals surface area contributed by atoms with E-state index in [9.17, 15) is 19.5 Å². The van der Waals surface area contributed by atoms with Crippen molar-refractivity contribution in [1.82, 2.24) is 9.55 Å². The molecule has 5 rings (SSSR count). The van der Waals surface area contributed by atoms with Crippen LogP contribution in [0.1, 0.15) is 32.1 Å². The fraction of sp³-hybridized carbons (Fsp3) is 0.0667. The molecule has 0 aliphatic heterocycles. The average Bonchev–Trinajstić information content (AvgIpc) is 2.94. The molecule has 0 saturated heterocycles. The molecule has 0 bridgehead atoms. The van der Waals surface area contributed by atoms with Gasteiger partial charge in [0.2, 0.25) is 0 Å². The van der Waals surface area contributed by atoms with Crippen molar-refractivity contribution in [1.29, 1.82) is 0 Å². The Morgan fingerprint density at radius 2 is 1.58 bits per heavy atom. The van der Waals surface area contributed by atoms with Crippen LogP contribution in [0.25, 0.3) is 21.9 Å². The minimum Gasteiger partial charge on any atom is -0.477 e. The Morgan fingerprint density at radius 3 is 2.29 bits per heavy atom. The van der Waals surface area contributed by atoms with E-state index in [2.05, 4.69) is 20.9 Å². The molecule has 0 amide bonds. The number of fused-ring (bicyclic) bond motifs is 1. The average molecular weight is 569 g/mol. The Balaban J connectivity index is 1.70. The maximum Gasteiger partial charge on any atom is 0.356 e. The van der Waals surface area contributed by atoms with Gasteiger partial charge in [0, 0.05) is 21.6 Å². The molecule has 0 unspecified atom stereocenters. The summed E-state index contributed by atoms with van der Waals surface area (Å²) in [5, 5.41) is 10.3. The SMILES string of the molecule is O=C(O)c1cc(COC(=O)c2c(-c3ccccc3)c3cc(Br)ccc3c(=O)n2Cc2ccccc2)ccn1. The first-order valence-electron chi connectivity index (χ1n) is 11.7. The van der Waals surface area contributed by atoms with Crippen LogP contribution in [-0.2, 0) is 17.9 Å². The van der Waals surface area contributed by atoms with E-state index in [1.54, 1.807) is 18.2 Å². The number of halogens is 1. The molecule has 0 fully saturated rings. The Morgan fingerprint density at radius 1 is 0.868 bits per heavy atom. The molecule has 0 aliphatic carbocycles. The lowest BCUT2D eigenvalue weighted by molar-refractivity contribution is 0.0460. The summed E-state index contributed by atoms with van der Waals surface area (Å²) in [6, 6.07) is 27.1. The normalized spacial score (nSPS) is 10.9. The van der Waals surface area contributed by atoms with Gasteiger partial charge in [-0.15, -0.1) is 0 Å². The number of pyridine rings is 2. The van der Waals surface area contributed by atoms with Gasteiger partial charge in [-0.2, -0.15) is 0 Å². The van der Waals surface area contributed by atoms with Gasteiger partial charge in [0.15, 0.2) is 0 Å². The fourth-order valence-corrected chi connectivity index (χ4v) is 4.70. The van der Waals surface area contributed by atoms with E-state index in [-0.39, 0.29) is 30.1 Å². The number of aromatic carboxylic acids is 1. The summed E-state index contributed by atoms with van der Waals surface area (Å²) in [7, 11) is 0. The molecule has 2 heterocycles. The number of carboxylic acid groups (broad SMARTS) is 1. The Labute approximate surface area is 226 Å². The van der Waals surface area contributed by atoms with Gasteiger partial charge in [0.25, 0.3) is 5.56 Å². The van der Waals surface area contributed by atoms with Crippen LogP contribution in [0, 0.1) is 0 Å². The lowest BCUT2D eigenvalue weighted by Gasteiger charge is -2.20. The van der Waals surface area contributed by atoms with Crippen molar-refractivity contribution in [3.8, 4) is 11.1 Å². The van der Waals surface area contributed by atoms with Crippen LogP contribution in [0.2, 0.25) is 0 Å². The summed E-state index contributed by atoms with van der Waals surface area (Å²) in [5.41, 5.74) is 2.28. The minimum absolute atomic E-state index is 0.114. The molecule has 8 heteroatoms. The molecule has 0 saturated carbocycles. The number of hydrogen-bond acceptors (Lipinski definition) is 5. The zero-order valence-corrected chi connectivity index (χ0v) is 21.6. The number of hydrogen-bond donors (Lipinski definition) is 1. The van der Waals surface area contributed by atoms with Crippen LogP contribution < -0.4 is 5.56 Å². The molecule has 5 aromatic rings. The summed E-state index contributed by atoms with van der Waals surface area (Å²) < 4.78 is 7.91. The van der Waals surface area contributed by atoms with Crippen molar-refractivity contribution in [3.63, 3.8) is 0 Å². The third-order valence-corrected chi connectivity index (χ3v) is 6.58. The van der Waals surface area contributed by atoms with Crippen LogP contribution in [0.15, 0.2) is 106 Å². The number of aromatic nitrogens is 2. The zero-order chi connectivity index (χ0) is 26.6. The highest BCUT2D eigenvalue weighted by Gasteiger charge is 2.25. The number of ether oxygens (including phenoxy) is 1. The summed E-state index contributed by atoms with van der Waals surface area (Å²) in [6.07, 6.45) is 1.35. The highest BCUT2D eigenvalue weighted by Crippen LogP contribution is 2.33. The van der Waals surface area contributed by atoms with Gasteiger partial charge in [-0.3, -0.25) is 9.36 Å². The van der Waals surface area contributed by atoms with Gasteiger partial charge in [0.05, 0.1) is 6.54 Å². The fourth-order valence-electron chi connectivity index (χ4n) is 4.34. The highest BCUT2D eigenvalue weighted by molar-refractivity contribution is 9.10.